The van der Waals surface area contributed by atoms with Gasteiger partial charge in [0.05, 0.1) is 5.69 Å². The molecule has 0 bridgehead atoms. The maximum atomic E-state index is 6.49. The van der Waals surface area contributed by atoms with Gasteiger partial charge < -0.3 is 19.1 Å². The maximum absolute atomic E-state index is 6.49. The van der Waals surface area contributed by atoms with Crippen LogP contribution in [0.4, 0.5) is 22.9 Å². The zero-order valence-corrected chi connectivity index (χ0v) is 30.6. The molecule has 0 N–H and O–H groups in total. The van der Waals surface area contributed by atoms with Gasteiger partial charge in [0, 0.05) is 56.2 Å². The minimum Gasteiger partial charge on any atom is -0.509 e. The molecule has 4 heterocycles. The second-order valence-corrected chi connectivity index (χ2v) is 13.5. The molecule has 0 fully saturated rings. The average molecular weight is 822 g/mol. The van der Waals surface area contributed by atoms with E-state index in [4.69, 9.17) is 14.7 Å². The molecule has 6 nitrogen and oxygen atoms in total. The number of rotatable bonds is 5. The van der Waals surface area contributed by atoms with Crippen LogP contribution in [0.15, 0.2) is 103 Å². The van der Waals surface area contributed by atoms with Crippen LogP contribution in [0.25, 0.3) is 27.6 Å². The monoisotopic (exact) mass is 821 g/mol. The van der Waals surface area contributed by atoms with Crippen LogP contribution in [0.1, 0.15) is 43.0 Å². The molecule has 0 aliphatic carbocycles. The van der Waals surface area contributed by atoms with E-state index in [9.17, 15) is 0 Å². The molecule has 0 radical (unpaired) electrons. The fourth-order valence-electron chi connectivity index (χ4n) is 6.84. The summed E-state index contributed by atoms with van der Waals surface area (Å²) in [4.78, 5) is 13.9. The summed E-state index contributed by atoms with van der Waals surface area (Å²) in [5.74, 6) is 2.93. The van der Waals surface area contributed by atoms with Gasteiger partial charge in [0.25, 0.3) is 0 Å². The number of nitrogens with zero attached hydrogens (tertiary/aromatic N) is 5. The number of hydrogen-bond acceptors (Lipinski definition) is 5. The quantitative estimate of drug-likeness (QED) is 0.162. The molecule has 3 aromatic heterocycles. The number of aromatic nitrogens is 3. The maximum Gasteiger partial charge on any atom is 0.135 e. The molecule has 0 atom stereocenters. The third-order valence-electron chi connectivity index (χ3n) is 8.99. The van der Waals surface area contributed by atoms with Crippen molar-refractivity contribution in [3.8, 4) is 17.3 Å². The van der Waals surface area contributed by atoms with Crippen LogP contribution in [0.2, 0.25) is 0 Å². The van der Waals surface area contributed by atoms with Gasteiger partial charge in [0.15, 0.2) is 0 Å². The number of ether oxygens (including phenoxy) is 1. The van der Waals surface area contributed by atoms with Crippen molar-refractivity contribution < 1.29 is 25.8 Å². The van der Waals surface area contributed by atoms with Crippen molar-refractivity contribution in [1.82, 2.24) is 14.5 Å². The van der Waals surface area contributed by atoms with Crippen molar-refractivity contribution in [3.63, 3.8) is 0 Å². The van der Waals surface area contributed by atoms with E-state index in [1.54, 1.807) is 0 Å². The average Bonchev–Trinajstić information content (AvgIpc) is 3.60. The molecule has 49 heavy (non-hydrogen) atoms. The second kappa shape index (κ2) is 12.5. The molecule has 0 saturated carbocycles. The molecule has 1 aliphatic heterocycles. The molecule has 7 aromatic rings. The Morgan fingerprint density at radius 3 is 2.29 bits per heavy atom. The van der Waals surface area contributed by atoms with Crippen molar-refractivity contribution in [1.29, 1.82) is 0 Å². The first-order valence-electron chi connectivity index (χ1n) is 16.2. The Labute approximate surface area is 302 Å². The Hall–Kier alpha value is -4.93. The minimum absolute atomic E-state index is 0. The summed E-state index contributed by atoms with van der Waals surface area (Å²) < 4.78 is 8.67. The number of fused-ring (bicyclic) bond motifs is 4. The predicted octanol–water partition coefficient (Wildman–Crippen LogP) is 10.6. The fraction of sp³-hybridized carbons (Fsp3) is 0.167. The first-order chi connectivity index (χ1) is 23.2. The largest absolute Gasteiger partial charge is 0.509 e. The van der Waals surface area contributed by atoms with E-state index in [1.807, 2.05) is 42.7 Å². The Bertz CT molecular complexity index is 2330. The first-order valence-corrected chi connectivity index (χ1v) is 16.2. The van der Waals surface area contributed by atoms with Crippen LogP contribution < -0.4 is 14.5 Å². The number of para-hydroxylation sites is 1. The van der Waals surface area contributed by atoms with E-state index in [1.165, 1.54) is 22.3 Å². The summed E-state index contributed by atoms with van der Waals surface area (Å²) in [6.07, 6.45) is 3.73. The third-order valence-corrected chi connectivity index (χ3v) is 8.99. The predicted molar refractivity (Wildman–Crippen MR) is 195 cm³/mol. The van der Waals surface area contributed by atoms with Gasteiger partial charge in [-0.3, -0.25) is 0 Å². The third kappa shape index (κ3) is 5.78. The van der Waals surface area contributed by atoms with Crippen molar-refractivity contribution in [2.75, 3.05) is 9.80 Å². The number of benzene rings is 4. The molecule has 7 heteroatoms. The van der Waals surface area contributed by atoms with E-state index in [-0.39, 0.29) is 26.5 Å². The number of pyridine rings is 2. The van der Waals surface area contributed by atoms with Crippen LogP contribution in [-0.4, -0.2) is 14.5 Å². The molecule has 0 saturated heterocycles. The van der Waals surface area contributed by atoms with E-state index in [2.05, 4.69) is 135 Å². The second-order valence-electron chi connectivity index (χ2n) is 13.5. The van der Waals surface area contributed by atoms with Gasteiger partial charge in [-0.05, 0) is 78.6 Å². The summed E-state index contributed by atoms with van der Waals surface area (Å²) >= 11 is 0. The van der Waals surface area contributed by atoms with Gasteiger partial charge in [-0.1, -0.05) is 62.2 Å². The normalized spacial score (nSPS) is 12.8. The zero-order valence-electron chi connectivity index (χ0n) is 28.4. The van der Waals surface area contributed by atoms with Gasteiger partial charge in [0.2, 0.25) is 0 Å². The van der Waals surface area contributed by atoms with Gasteiger partial charge in [-0.2, -0.15) is 12.1 Å². The minimum atomic E-state index is -0.00649. The topological polar surface area (TPSA) is 46.4 Å². The Morgan fingerprint density at radius 2 is 1.49 bits per heavy atom. The Kier molecular flexibility index (Phi) is 8.32. The Morgan fingerprint density at radius 1 is 0.714 bits per heavy atom. The summed E-state index contributed by atoms with van der Waals surface area (Å²) in [6.45, 7) is 15.2. The molecule has 8 rings (SSSR count). The number of aryl methyl sites for hydroxylation is 3. The van der Waals surface area contributed by atoms with Crippen LogP contribution in [0, 0.1) is 39.6 Å². The van der Waals surface area contributed by atoms with E-state index in [0.29, 0.717) is 11.5 Å². The van der Waals surface area contributed by atoms with Crippen molar-refractivity contribution >= 4 is 44.7 Å². The molecular weight excluding hydrogens is 786 g/mol. The first kappa shape index (κ1) is 32.6. The summed E-state index contributed by atoms with van der Waals surface area (Å²) in [5.41, 5.74) is 9.82. The molecule has 0 amide bonds. The van der Waals surface area contributed by atoms with Crippen molar-refractivity contribution in [3.05, 3.63) is 144 Å². The van der Waals surface area contributed by atoms with Crippen molar-refractivity contribution in [2.24, 2.45) is 0 Å². The van der Waals surface area contributed by atoms with E-state index in [0.717, 1.165) is 50.5 Å². The van der Waals surface area contributed by atoms with E-state index >= 15 is 0 Å². The van der Waals surface area contributed by atoms with Crippen LogP contribution in [-0.2, 0) is 26.5 Å². The smallest absolute Gasteiger partial charge is 0.135 e. The van der Waals surface area contributed by atoms with Crippen LogP contribution in [0.3, 0.4) is 0 Å². The molecule has 0 spiro atoms. The van der Waals surface area contributed by atoms with Crippen molar-refractivity contribution in [2.45, 2.75) is 47.0 Å². The number of hydrogen-bond donors (Lipinski definition) is 0. The molecular formula is C42H36N5OPt-3. The molecule has 1 aliphatic rings. The van der Waals surface area contributed by atoms with Gasteiger partial charge in [-0.15, -0.1) is 48.1 Å². The number of anilines is 4. The fourth-order valence-corrected chi connectivity index (χ4v) is 6.84. The standard InChI is InChI=1S/C42H36N5O.Pt/c1-27-21-28(2)40(29(3)22-27)46-26-45(37-15-10-19-44-41(37)46)31-11-9-12-32(24-31)48-33-16-17-35-34-13-7-8-14-36(34)47(38(35)25-33)39-23-30(18-20-43-39)42(4,5)6;/h7-23,26H,1-6H3;/q-3;. The van der Waals surface area contributed by atoms with Gasteiger partial charge in [0.1, 0.15) is 11.6 Å². The van der Waals surface area contributed by atoms with Gasteiger partial charge >= 0.3 is 0 Å². The molecule has 4 aromatic carbocycles. The van der Waals surface area contributed by atoms with Crippen LogP contribution >= 0.6 is 0 Å². The summed E-state index contributed by atoms with van der Waals surface area (Å²) in [6, 6.07) is 38.3. The van der Waals surface area contributed by atoms with Gasteiger partial charge in [-0.25, -0.2) is 9.97 Å². The zero-order chi connectivity index (χ0) is 33.2. The summed E-state index contributed by atoms with van der Waals surface area (Å²) in [5, 5.41) is 2.24. The van der Waals surface area contributed by atoms with Crippen LogP contribution in [0.5, 0.6) is 11.5 Å². The SMILES string of the molecule is Cc1cc(C)c(N2[CH-]N(c3[c-]c(Oc4[c-]c5c(cc4)c4ccccc4n5-c4cc(C(C)(C)C)ccn4)ccc3)c3cccnc32)c(C)c1.[Pt]. The Balaban J connectivity index is 0.00000378. The van der Waals surface area contributed by atoms with E-state index < -0.39 is 0 Å². The summed E-state index contributed by atoms with van der Waals surface area (Å²) in [7, 11) is 0. The molecule has 0 unspecified atom stereocenters. The molecule has 248 valence electrons.